The molecule has 1 unspecified atom stereocenters. The van der Waals surface area contributed by atoms with Gasteiger partial charge in [-0.2, -0.15) is 0 Å². The molecule has 1 atom stereocenters. The van der Waals surface area contributed by atoms with E-state index in [1.54, 1.807) is 0 Å². The predicted octanol–water partition coefficient (Wildman–Crippen LogP) is 2.15. The normalized spacial score (nSPS) is 12.4. The number of rotatable bonds is 7. The summed E-state index contributed by atoms with van der Waals surface area (Å²) in [4.78, 5) is 12.2. The third-order valence-corrected chi connectivity index (χ3v) is 3.86. The van der Waals surface area contributed by atoms with Crippen LogP contribution in [0.2, 0.25) is 0 Å². The summed E-state index contributed by atoms with van der Waals surface area (Å²) in [5, 5.41) is 3.14. The minimum Gasteiger partial charge on any atom is -0.369 e. The summed E-state index contributed by atoms with van der Waals surface area (Å²) in [6.07, 6.45) is 0.763. The van der Waals surface area contributed by atoms with Crippen molar-refractivity contribution in [2.24, 2.45) is 5.73 Å². The lowest BCUT2D eigenvalue weighted by Gasteiger charge is -2.10. The number of nitrogens with one attached hydrogen (secondary N) is 1. The molecule has 0 fully saturated rings. The molecule has 0 aromatic heterocycles. The van der Waals surface area contributed by atoms with E-state index in [4.69, 9.17) is 5.73 Å². The van der Waals surface area contributed by atoms with E-state index < -0.39 is 0 Å². The van der Waals surface area contributed by atoms with Gasteiger partial charge in [0.05, 0.1) is 5.25 Å². The summed E-state index contributed by atoms with van der Waals surface area (Å²) >= 11 is 1.53. The van der Waals surface area contributed by atoms with Crippen LogP contribution in [0.1, 0.15) is 25.8 Å². The number of primary amides is 1. The fourth-order valence-corrected chi connectivity index (χ4v) is 2.37. The summed E-state index contributed by atoms with van der Waals surface area (Å²) in [7, 11) is 0. The van der Waals surface area contributed by atoms with Crippen LogP contribution in [0.15, 0.2) is 29.2 Å². The van der Waals surface area contributed by atoms with Gasteiger partial charge in [0.1, 0.15) is 0 Å². The average molecular weight is 252 g/mol. The molecule has 0 aliphatic carbocycles. The summed E-state index contributed by atoms with van der Waals surface area (Å²) in [5.41, 5.74) is 6.57. The lowest BCUT2D eigenvalue weighted by molar-refractivity contribution is -0.117. The van der Waals surface area contributed by atoms with Crippen molar-refractivity contribution in [2.45, 2.75) is 37.0 Å². The van der Waals surface area contributed by atoms with E-state index in [-0.39, 0.29) is 11.2 Å². The Balaban J connectivity index is 2.58. The van der Waals surface area contributed by atoms with Crippen LogP contribution < -0.4 is 11.1 Å². The van der Waals surface area contributed by atoms with Gasteiger partial charge < -0.3 is 11.1 Å². The predicted molar refractivity (Wildman–Crippen MR) is 73.0 cm³/mol. The van der Waals surface area contributed by atoms with Crippen molar-refractivity contribution in [1.29, 1.82) is 0 Å². The van der Waals surface area contributed by atoms with Gasteiger partial charge in [0, 0.05) is 11.4 Å². The highest BCUT2D eigenvalue weighted by molar-refractivity contribution is 8.00. The standard InChI is InChI=1S/C13H20N2OS/c1-3-12(13(14)16)17-11-7-5-10(6-8-11)9-15-4-2/h5-8,12,15H,3-4,9H2,1-2H3,(H2,14,16). The Labute approximate surface area is 107 Å². The minimum atomic E-state index is -0.241. The van der Waals surface area contributed by atoms with Crippen LogP contribution in [0.3, 0.4) is 0 Å². The first-order valence-corrected chi connectivity index (χ1v) is 6.81. The second-order valence-electron chi connectivity index (χ2n) is 3.84. The first kappa shape index (κ1) is 14.1. The lowest BCUT2D eigenvalue weighted by Crippen LogP contribution is -2.24. The molecular weight excluding hydrogens is 232 g/mol. The van der Waals surface area contributed by atoms with Gasteiger partial charge in [0.15, 0.2) is 0 Å². The van der Waals surface area contributed by atoms with Gasteiger partial charge in [-0.05, 0) is 30.7 Å². The Morgan fingerprint density at radius 2 is 2.00 bits per heavy atom. The molecule has 94 valence electrons. The lowest BCUT2D eigenvalue weighted by atomic mass is 10.2. The van der Waals surface area contributed by atoms with Crippen molar-refractivity contribution >= 4 is 17.7 Å². The van der Waals surface area contributed by atoms with Crippen molar-refractivity contribution in [3.05, 3.63) is 29.8 Å². The highest BCUT2D eigenvalue weighted by atomic mass is 32.2. The first-order valence-electron chi connectivity index (χ1n) is 5.93. The first-order chi connectivity index (χ1) is 8.17. The van der Waals surface area contributed by atoms with Crippen molar-refractivity contribution in [3.8, 4) is 0 Å². The van der Waals surface area contributed by atoms with Crippen molar-refractivity contribution in [2.75, 3.05) is 6.54 Å². The molecular formula is C13H20N2OS. The van der Waals surface area contributed by atoms with Crippen molar-refractivity contribution in [3.63, 3.8) is 0 Å². The molecule has 17 heavy (non-hydrogen) atoms. The molecule has 0 spiro atoms. The van der Waals surface area contributed by atoms with Crippen LogP contribution in [0.25, 0.3) is 0 Å². The maximum Gasteiger partial charge on any atom is 0.230 e. The second-order valence-corrected chi connectivity index (χ2v) is 5.12. The van der Waals surface area contributed by atoms with Crippen LogP contribution in [0.4, 0.5) is 0 Å². The maximum atomic E-state index is 11.1. The molecule has 1 rings (SSSR count). The average Bonchev–Trinajstić information content (AvgIpc) is 2.34. The fourth-order valence-electron chi connectivity index (χ4n) is 1.46. The highest BCUT2D eigenvalue weighted by Crippen LogP contribution is 2.25. The smallest absolute Gasteiger partial charge is 0.230 e. The van der Waals surface area contributed by atoms with E-state index in [9.17, 15) is 4.79 Å². The van der Waals surface area contributed by atoms with Crippen LogP contribution in [-0.4, -0.2) is 17.7 Å². The zero-order valence-corrected chi connectivity index (χ0v) is 11.2. The van der Waals surface area contributed by atoms with Gasteiger partial charge in [-0.3, -0.25) is 4.79 Å². The van der Waals surface area contributed by atoms with Gasteiger partial charge >= 0.3 is 0 Å². The van der Waals surface area contributed by atoms with E-state index in [1.807, 2.05) is 19.1 Å². The fraction of sp³-hybridized carbons (Fsp3) is 0.462. The summed E-state index contributed by atoms with van der Waals surface area (Å²) < 4.78 is 0. The maximum absolute atomic E-state index is 11.1. The molecule has 1 amide bonds. The Bertz CT molecular complexity index is 351. The number of carbonyl (C=O) groups is 1. The third kappa shape index (κ3) is 4.79. The van der Waals surface area contributed by atoms with Crippen molar-refractivity contribution in [1.82, 2.24) is 5.32 Å². The van der Waals surface area contributed by atoms with Crippen LogP contribution in [0.5, 0.6) is 0 Å². The highest BCUT2D eigenvalue weighted by Gasteiger charge is 2.13. The van der Waals surface area contributed by atoms with Gasteiger partial charge in [0.2, 0.25) is 5.91 Å². The van der Waals surface area contributed by atoms with Crippen LogP contribution in [0, 0.1) is 0 Å². The topological polar surface area (TPSA) is 55.1 Å². The molecule has 0 heterocycles. The molecule has 0 bridgehead atoms. The molecule has 0 saturated heterocycles. The number of hydrogen-bond acceptors (Lipinski definition) is 3. The van der Waals surface area contributed by atoms with E-state index in [0.29, 0.717) is 0 Å². The molecule has 3 N–H and O–H groups in total. The molecule has 1 aromatic rings. The van der Waals surface area contributed by atoms with Gasteiger partial charge in [-0.25, -0.2) is 0 Å². The van der Waals surface area contributed by atoms with Crippen LogP contribution >= 0.6 is 11.8 Å². The molecule has 0 aliphatic rings. The summed E-state index contributed by atoms with van der Waals surface area (Å²) in [6, 6.07) is 8.25. The number of thioether (sulfide) groups is 1. The van der Waals surface area contributed by atoms with E-state index >= 15 is 0 Å². The molecule has 0 saturated carbocycles. The molecule has 1 aromatic carbocycles. The summed E-state index contributed by atoms with van der Waals surface area (Å²) in [6.45, 7) is 5.91. The molecule has 4 heteroatoms. The molecule has 3 nitrogen and oxygen atoms in total. The number of nitrogens with two attached hydrogens (primary N) is 1. The zero-order chi connectivity index (χ0) is 12.7. The Kier molecular flexibility index (Phi) is 6.08. The quantitative estimate of drug-likeness (QED) is 0.731. The monoisotopic (exact) mass is 252 g/mol. The van der Waals surface area contributed by atoms with Gasteiger partial charge in [-0.1, -0.05) is 26.0 Å². The van der Waals surface area contributed by atoms with E-state index in [1.165, 1.54) is 17.3 Å². The number of amides is 1. The zero-order valence-electron chi connectivity index (χ0n) is 10.4. The molecule has 0 aliphatic heterocycles. The van der Waals surface area contributed by atoms with Gasteiger partial charge in [-0.15, -0.1) is 11.8 Å². The Hall–Kier alpha value is -1.00. The second kappa shape index (κ2) is 7.35. The largest absolute Gasteiger partial charge is 0.369 e. The number of carbonyl (C=O) groups excluding carboxylic acids is 1. The van der Waals surface area contributed by atoms with Gasteiger partial charge in [0.25, 0.3) is 0 Å². The Morgan fingerprint density at radius 1 is 1.35 bits per heavy atom. The van der Waals surface area contributed by atoms with E-state index in [0.717, 1.165) is 24.4 Å². The third-order valence-electron chi connectivity index (χ3n) is 2.47. The number of benzene rings is 1. The number of hydrogen-bond donors (Lipinski definition) is 2. The van der Waals surface area contributed by atoms with Crippen LogP contribution in [-0.2, 0) is 11.3 Å². The van der Waals surface area contributed by atoms with E-state index in [2.05, 4.69) is 24.4 Å². The Morgan fingerprint density at radius 3 is 2.47 bits per heavy atom. The molecule has 0 radical (unpaired) electrons. The SMILES string of the molecule is CCNCc1ccc(SC(CC)C(N)=O)cc1. The summed E-state index contributed by atoms with van der Waals surface area (Å²) in [5.74, 6) is -0.241. The van der Waals surface area contributed by atoms with Crippen molar-refractivity contribution < 1.29 is 4.79 Å². The minimum absolute atomic E-state index is 0.130.